The van der Waals surface area contributed by atoms with Crippen LogP contribution in [0.2, 0.25) is 0 Å². The summed E-state index contributed by atoms with van der Waals surface area (Å²) in [5, 5.41) is 0. The van der Waals surface area contributed by atoms with Crippen LogP contribution in [0.5, 0.6) is 0 Å². The molecule has 0 unspecified atom stereocenters. The fraction of sp³-hybridized carbons (Fsp3) is 0.357. The first-order chi connectivity index (χ1) is 9.03. The first kappa shape index (κ1) is 9.42. The van der Waals surface area contributed by atoms with Gasteiger partial charge in [0.15, 0.2) is 0 Å². The van der Waals surface area contributed by atoms with E-state index < -0.39 is 12.5 Å². The van der Waals surface area contributed by atoms with Gasteiger partial charge in [-0.1, -0.05) is 36.4 Å². The van der Waals surface area contributed by atoms with Crippen molar-refractivity contribution in [2.45, 2.75) is 13.5 Å². The van der Waals surface area contributed by atoms with E-state index >= 15 is 0 Å². The zero-order valence-electron chi connectivity index (χ0n) is 11.8. The monoisotopic (exact) mass is 233 g/mol. The van der Waals surface area contributed by atoms with Crippen molar-refractivity contribution in [3.63, 3.8) is 0 Å². The van der Waals surface area contributed by atoms with Crippen LogP contribution in [-0.2, 0) is 16.1 Å². The largest absolute Gasteiger partial charge is 0.463 e. The Morgan fingerprint density at radius 2 is 2.24 bits per heavy atom. The highest BCUT2D eigenvalue weighted by molar-refractivity contribution is 5.89. The molecule has 0 atom stereocenters. The molecule has 0 aliphatic carbocycles. The number of rotatable bonds is 4. The Kier molecular flexibility index (Phi) is 3.13. The second kappa shape index (κ2) is 5.64. The van der Waals surface area contributed by atoms with Crippen molar-refractivity contribution in [3.05, 3.63) is 47.5 Å². The molecule has 0 bridgehead atoms. The summed E-state index contributed by atoms with van der Waals surface area (Å²) >= 11 is 0. The van der Waals surface area contributed by atoms with E-state index in [9.17, 15) is 4.79 Å². The molecule has 0 aromatic heterocycles. The molecule has 3 heteroatoms. The van der Waals surface area contributed by atoms with Gasteiger partial charge in [0.05, 0.1) is 6.61 Å². The molecule has 0 amide bonds. The molecule has 1 aromatic carbocycles. The second-order valence-corrected chi connectivity index (χ2v) is 3.86. The average Bonchev–Trinajstić information content (AvgIpc) is 2.67. The summed E-state index contributed by atoms with van der Waals surface area (Å²) in [4.78, 5) is 13.3. The van der Waals surface area contributed by atoms with Crippen molar-refractivity contribution in [3.8, 4) is 0 Å². The van der Waals surface area contributed by atoms with Gasteiger partial charge in [0, 0.05) is 27.9 Å². The van der Waals surface area contributed by atoms with E-state index in [2.05, 4.69) is 0 Å². The summed E-state index contributed by atoms with van der Waals surface area (Å²) in [6.45, 7) is 1.17. The molecule has 0 spiro atoms. The smallest absolute Gasteiger partial charge is 0.335 e. The molecule has 0 saturated heterocycles. The van der Waals surface area contributed by atoms with Crippen LogP contribution >= 0.6 is 0 Å². The van der Waals surface area contributed by atoms with Crippen LogP contribution in [-0.4, -0.2) is 30.5 Å². The van der Waals surface area contributed by atoms with Gasteiger partial charge in [-0.15, -0.1) is 0 Å². The lowest BCUT2D eigenvalue weighted by molar-refractivity contribution is -0.138. The number of carbonyl (C=O) groups excluding carboxylic acids is 1. The number of nitrogens with zero attached hydrogens (tertiary/aromatic N) is 1. The molecule has 0 saturated carbocycles. The quantitative estimate of drug-likeness (QED) is 0.745. The summed E-state index contributed by atoms with van der Waals surface area (Å²) in [7, 11) is 0. The van der Waals surface area contributed by atoms with Crippen molar-refractivity contribution in [1.29, 1.82) is 0 Å². The van der Waals surface area contributed by atoms with E-state index in [1.165, 1.54) is 6.08 Å². The zero-order valence-corrected chi connectivity index (χ0v) is 9.85. The van der Waals surface area contributed by atoms with Crippen molar-refractivity contribution >= 4 is 5.97 Å². The second-order valence-electron chi connectivity index (χ2n) is 3.86. The predicted molar refractivity (Wildman–Crippen MR) is 66.4 cm³/mol. The molecule has 1 aliphatic heterocycles. The van der Waals surface area contributed by atoms with E-state index in [-0.39, 0.29) is 6.54 Å². The molecule has 0 N–H and O–H groups in total. The maximum absolute atomic E-state index is 11.6. The lowest BCUT2D eigenvalue weighted by atomic mass is 10.2. The molecule has 1 aromatic rings. The standard InChI is InChI=1S/C14H17NO2/c1-2-17-14(16)13-8-9-15(11-13)10-12-6-4-3-5-7-12/h3-8H,2,9-11H2,1H3/i9D2. The number of hydrogen-bond donors (Lipinski definition) is 0. The summed E-state index contributed by atoms with van der Waals surface area (Å²) in [5.41, 5.74) is 1.41. The first-order valence-electron chi connectivity index (χ1n) is 6.71. The van der Waals surface area contributed by atoms with Crippen molar-refractivity contribution < 1.29 is 12.3 Å². The summed E-state index contributed by atoms with van der Waals surface area (Å²) < 4.78 is 20.8. The van der Waals surface area contributed by atoms with Crippen LogP contribution in [0.15, 0.2) is 42.0 Å². The van der Waals surface area contributed by atoms with Gasteiger partial charge >= 0.3 is 5.97 Å². The predicted octanol–water partition coefficient (Wildman–Crippen LogP) is 1.99. The number of hydrogen-bond acceptors (Lipinski definition) is 3. The molecule has 1 aliphatic rings. The van der Waals surface area contributed by atoms with Gasteiger partial charge in [0.25, 0.3) is 0 Å². The number of ether oxygens (including phenoxy) is 1. The lowest BCUT2D eigenvalue weighted by Crippen LogP contribution is -2.22. The molecule has 1 heterocycles. The Morgan fingerprint density at radius 1 is 1.47 bits per heavy atom. The minimum absolute atomic E-state index is 0.278. The maximum Gasteiger partial charge on any atom is 0.335 e. The summed E-state index contributed by atoms with van der Waals surface area (Å²) in [5.74, 6) is -0.429. The molecule has 90 valence electrons. The van der Waals surface area contributed by atoms with Gasteiger partial charge in [-0.3, -0.25) is 4.90 Å². The third-order valence-electron chi connectivity index (χ3n) is 2.54. The van der Waals surface area contributed by atoms with Gasteiger partial charge < -0.3 is 4.74 Å². The van der Waals surface area contributed by atoms with Crippen molar-refractivity contribution in [1.82, 2.24) is 4.90 Å². The Bertz CT molecular complexity index is 485. The Balaban J connectivity index is 2.07. The van der Waals surface area contributed by atoms with Gasteiger partial charge in [0.2, 0.25) is 0 Å². The van der Waals surface area contributed by atoms with E-state index in [0.717, 1.165) is 5.56 Å². The highest BCUT2D eigenvalue weighted by atomic mass is 16.5. The number of carbonyl (C=O) groups is 1. The fourth-order valence-electron chi connectivity index (χ4n) is 1.72. The molecule has 0 radical (unpaired) electrons. The Labute approximate surface area is 105 Å². The van der Waals surface area contributed by atoms with Crippen LogP contribution in [0.3, 0.4) is 0 Å². The maximum atomic E-state index is 11.6. The topological polar surface area (TPSA) is 29.5 Å². The third kappa shape index (κ3) is 3.17. The minimum Gasteiger partial charge on any atom is -0.463 e. The molecular formula is C14H17NO2. The van der Waals surface area contributed by atoms with Gasteiger partial charge in [-0.25, -0.2) is 4.79 Å². The molecular weight excluding hydrogens is 214 g/mol. The van der Waals surface area contributed by atoms with E-state index in [1.54, 1.807) is 11.8 Å². The van der Waals surface area contributed by atoms with Gasteiger partial charge in [-0.2, -0.15) is 0 Å². The van der Waals surface area contributed by atoms with Crippen LogP contribution in [0.25, 0.3) is 0 Å². The first-order valence-corrected chi connectivity index (χ1v) is 5.71. The van der Waals surface area contributed by atoms with E-state index in [4.69, 9.17) is 7.48 Å². The molecule has 0 fully saturated rings. The average molecular weight is 233 g/mol. The van der Waals surface area contributed by atoms with Crippen molar-refractivity contribution in [2.24, 2.45) is 0 Å². The summed E-state index contributed by atoms with van der Waals surface area (Å²) in [6.07, 6.45) is 1.36. The van der Waals surface area contributed by atoms with Crippen LogP contribution in [0.4, 0.5) is 0 Å². The summed E-state index contributed by atoms with van der Waals surface area (Å²) in [6, 6.07) is 9.64. The Morgan fingerprint density at radius 3 is 2.94 bits per heavy atom. The highest BCUT2D eigenvalue weighted by Crippen LogP contribution is 2.14. The van der Waals surface area contributed by atoms with Crippen LogP contribution < -0.4 is 0 Å². The van der Waals surface area contributed by atoms with Crippen LogP contribution in [0, 0.1) is 0 Å². The zero-order chi connectivity index (χ0) is 13.9. The van der Waals surface area contributed by atoms with E-state index in [1.807, 2.05) is 30.3 Å². The van der Waals surface area contributed by atoms with Gasteiger partial charge in [-0.05, 0) is 12.5 Å². The molecule has 2 rings (SSSR count). The lowest BCUT2D eigenvalue weighted by Gasteiger charge is -2.15. The molecule has 3 nitrogen and oxygen atoms in total. The fourth-order valence-corrected chi connectivity index (χ4v) is 1.72. The van der Waals surface area contributed by atoms with Crippen molar-refractivity contribution in [2.75, 3.05) is 19.6 Å². The van der Waals surface area contributed by atoms with Crippen LogP contribution in [0.1, 0.15) is 15.2 Å². The van der Waals surface area contributed by atoms with E-state index in [0.29, 0.717) is 18.7 Å². The minimum atomic E-state index is -1.61. The Hall–Kier alpha value is -1.61. The molecule has 17 heavy (non-hydrogen) atoms. The normalized spacial score (nSPS) is 20.4. The highest BCUT2D eigenvalue weighted by Gasteiger charge is 2.20. The third-order valence-corrected chi connectivity index (χ3v) is 2.54. The van der Waals surface area contributed by atoms with Gasteiger partial charge in [0.1, 0.15) is 0 Å². The number of benzene rings is 1. The SMILES string of the molecule is [2H]C1([2H])C=C(C(=O)OCC)CN1Cc1ccccc1. The number of esters is 1.